The zero-order valence-electron chi connectivity index (χ0n) is 9.42. The third-order valence-electron chi connectivity index (χ3n) is 3.09. The zero-order chi connectivity index (χ0) is 12.5. The molecule has 1 aromatic rings. The van der Waals surface area contributed by atoms with Crippen LogP contribution in [0.3, 0.4) is 0 Å². The summed E-state index contributed by atoms with van der Waals surface area (Å²) >= 11 is -0.0647. The number of alkyl halides is 3. The second kappa shape index (κ2) is 4.41. The minimum absolute atomic E-state index is 0.0570. The van der Waals surface area contributed by atoms with Gasteiger partial charge in [-0.1, -0.05) is 31.2 Å². The Morgan fingerprint density at radius 2 is 1.59 bits per heavy atom. The number of benzene rings is 1. The fraction of sp³-hybridized carbons (Fsp3) is 0.385. The molecule has 1 aromatic carbocycles. The van der Waals surface area contributed by atoms with E-state index in [9.17, 15) is 13.2 Å². The quantitative estimate of drug-likeness (QED) is 0.536. The van der Waals surface area contributed by atoms with Crippen molar-refractivity contribution in [3.63, 3.8) is 0 Å². The molecule has 0 N–H and O–H groups in total. The average molecular weight is 258 g/mol. The first-order chi connectivity index (χ1) is 7.89. The molecule has 0 aliphatic heterocycles. The standard InChI is InChI=1S/C13H13F3S/c1-12(8-2-3-9-12)10-4-6-11(7-5-10)17-13(14,15)16/h2-7H,8-9H2,1H3. The third kappa shape index (κ3) is 3.06. The van der Waals surface area contributed by atoms with E-state index in [1.807, 2.05) is 0 Å². The molecule has 0 heterocycles. The van der Waals surface area contributed by atoms with Gasteiger partial charge in [-0.05, 0) is 47.7 Å². The van der Waals surface area contributed by atoms with Crippen LogP contribution >= 0.6 is 11.8 Å². The average Bonchev–Trinajstić information content (AvgIpc) is 2.65. The maximum atomic E-state index is 12.2. The van der Waals surface area contributed by atoms with Crippen molar-refractivity contribution in [3.05, 3.63) is 42.0 Å². The van der Waals surface area contributed by atoms with E-state index in [0.717, 1.165) is 18.4 Å². The minimum Gasteiger partial charge on any atom is -0.160 e. The molecule has 1 aliphatic carbocycles. The highest BCUT2D eigenvalue weighted by molar-refractivity contribution is 8.00. The molecule has 0 fully saturated rings. The predicted octanol–water partition coefficient (Wildman–Crippen LogP) is 4.91. The van der Waals surface area contributed by atoms with Gasteiger partial charge in [0.15, 0.2) is 0 Å². The SMILES string of the molecule is CC1(c2ccc(SC(F)(F)F)cc2)CC=CC1. The van der Waals surface area contributed by atoms with Crippen molar-refractivity contribution < 1.29 is 13.2 Å². The molecule has 0 spiro atoms. The van der Waals surface area contributed by atoms with E-state index in [1.54, 1.807) is 24.3 Å². The van der Waals surface area contributed by atoms with Gasteiger partial charge in [0, 0.05) is 4.90 Å². The Kier molecular flexibility index (Phi) is 3.25. The van der Waals surface area contributed by atoms with Crippen LogP contribution in [0.1, 0.15) is 25.3 Å². The first-order valence-corrected chi connectivity index (χ1v) is 6.22. The molecule has 0 saturated heterocycles. The van der Waals surface area contributed by atoms with Gasteiger partial charge in [0.25, 0.3) is 0 Å². The van der Waals surface area contributed by atoms with Crippen LogP contribution in [0.2, 0.25) is 0 Å². The fourth-order valence-corrected chi connectivity index (χ4v) is 2.60. The van der Waals surface area contributed by atoms with Crippen molar-refractivity contribution >= 4 is 11.8 Å². The van der Waals surface area contributed by atoms with Crippen molar-refractivity contribution in [2.24, 2.45) is 0 Å². The van der Waals surface area contributed by atoms with Gasteiger partial charge in [-0.3, -0.25) is 0 Å². The number of halogens is 3. The lowest BCUT2D eigenvalue weighted by Gasteiger charge is -2.24. The highest BCUT2D eigenvalue weighted by atomic mass is 32.2. The summed E-state index contributed by atoms with van der Waals surface area (Å²) in [5, 5.41) is 0. The van der Waals surface area contributed by atoms with Gasteiger partial charge in [0.2, 0.25) is 0 Å². The lowest BCUT2D eigenvalue weighted by atomic mass is 9.80. The Morgan fingerprint density at radius 3 is 2.06 bits per heavy atom. The molecular formula is C13H13F3S. The molecular weight excluding hydrogens is 245 g/mol. The molecule has 0 amide bonds. The number of allylic oxidation sites excluding steroid dienone is 2. The van der Waals surface area contributed by atoms with Crippen molar-refractivity contribution in [2.45, 2.75) is 35.6 Å². The molecule has 2 rings (SSSR count). The Bertz CT molecular complexity index is 409. The van der Waals surface area contributed by atoms with E-state index < -0.39 is 5.51 Å². The van der Waals surface area contributed by atoms with E-state index in [-0.39, 0.29) is 22.1 Å². The summed E-state index contributed by atoms with van der Waals surface area (Å²) in [6.45, 7) is 2.14. The summed E-state index contributed by atoms with van der Waals surface area (Å²) in [5.74, 6) is 0. The maximum absolute atomic E-state index is 12.2. The summed E-state index contributed by atoms with van der Waals surface area (Å²) in [4.78, 5) is 0.246. The van der Waals surface area contributed by atoms with E-state index in [1.165, 1.54) is 0 Å². The van der Waals surface area contributed by atoms with Gasteiger partial charge < -0.3 is 0 Å². The Morgan fingerprint density at radius 1 is 1.06 bits per heavy atom. The summed E-state index contributed by atoms with van der Waals surface area (Å²) in [7, 11) is 0. The molecule has 1 aliphatic rings. The second-order valence-electron chi connectivity index (χ2n) is 4.51. The summed E-state index contributed by atoms with van der Waals surface area (Å²) in [6, 6.07) is 6.72. The van der Waals surface area contributed by atoms with Crippen LogP contribution in [0.15, 0.2) is 41.3 Å². The molecule has 92 valence electrons. The van der Waals surface area contributed by atoms with Crippen molar-refractivity contribution in [1.29, 1.82) is 0 Å². The molecule has 0 saturated carbocycles. The monoisotopic (exact) mass is 258 g/mol. The van der Waals surface area contributed by atoms with Crippen LogP contribution in [0, 0.1) is 0 Å². The Balaban J connectivity index is 2.13. The third-order valence-corrected chi connectivity index (χ3v) is 3.83. The lowest BCUT2D eigenvalue weighted by Crippen LogP contribution is -2.16. The van der Waals surface area contributed by atoms with Crippen LogP contribution in [0.4, 0.5) is 13.2 Å². The van der Waals surface area contributed by atoms with Crippen molar-refractivity contribution in [3.8, 4) is 0 Å². The Hall–Kier alpha value is -0.900. The van der Waals surface area contributed by atoms with Crippen LogP contribution in [-0.2, 0) is 5.41 Å². The van der Waals surface area contributed by atoms with Crippen LogP contribution in [0.25, 0.3) is 0 Å². The van der Waals surface area contributed by atoms with Gasteiger partial charge in [0.1, 0.15) is 0 Å². The largest absolute Gasteiger partial charge is 0.446 e. The van der Waals surface area contributed by atoms with Gasteiger partial charge in [0.05, 0.1) is 0 Å². The molecule has 0 bridgehead atoms. The molecule has 0 nitrogen and oxygen atoms in total. The first kappa shape index (κ1) is 12.6. The minimum atomic E-state index is -4.21. The van der Waals surface area contributed by atoms with Crippen LogP contribution < -0.4 is 0 Å². The molecule has 0 aromatic heterocycles. The molecule has 0 radical (unpaired) electrons. The predicted molar refractivity (Wildman–Crippen MR) is 64.1 cm³/mol. The van der Waals surface area contributed by atoms with Crippen molar-refractivity contribution in [1.82, 2.24) is 0 Å². The maximum Gasteiger partial charge on any atom is 0.446 e. The fourth-order valence-electron chi connectivity index (χ4n) is 2.06. The highest BCUT2D eigenvalue weighted by Gasteiger charge is 2.30. The number of hydrogen-bond acceptors (Lipinski definition) is 1. The number of hydrogen-bond donors (Lipinski definition) is 0. The summed E-state index contributed by atoms with van der Waals surface area (Å²) in [6.07, 6.45) is 6.16. The van der Waals surface area contributed by atoms with Crippen molar-refractivity contribution in [2.75, 3.05) is 0 Å². The second-order valence-corrected chi connectivity index (χ2v) is 5.65. The number of thioether (sulfide) groups is 1. The van der Waals surface area contributed by atoms with Crippen LogP contribution in [0.5, 0.6) is 0 Å². The van der Waals surface area contributed by atoms with Gasteiger partial charge >= 0.3 is 5.51 Å². The van der Waals surface area contributed by atoms with Gasteiger partial charge in [-0.25, -0.2) is 0 Å². The smallest absolute Gasteiger partial charge is 0.160 e. The van der Waals surface area contributed by atoms with E-state index in [2.05, 4.69) is 19.1 Å². The van der Waals surface area contributed by atoms with E-state index >= 15 is 0 Å². The first-order valence-electron chi connectivity index (χ1n) is 5.40. The van der Waals surface area contributed by atoms with E-state index in [0.29, 0.717) is 0 Å². The zero-order valence-corrected chi connectivity index (χ0v) is 10.2. The highest BCUT2D eigenvalue weighted by Crippen LogP contribution is 2.40. The van der Waals surface area contributed by atoms with E-state index in [4.69, 9.17) is 0 Å². The molecule has 4 heteroatoms. The van der Waals surface area contributed by atoms with Crippen LogP contribution in [-0.4, -0.2) is 5.51 Å². The topological polar surface area (TPSA) is 0 Å². The van der Waals surface area contributed by atoms with Gasteiger partial charge in [-0.15, -0.1) is 0 Å². The normalized spacial score (nSPS) is 18.6. The molecule has 0 atom stereocenters. The molecule has 0 unspecified atom stereocenters. The van der Waals surface area contributed by atoms with Gasteiger partial charge in [-0.2, -0.15) is 13.2 Å². The Labute approximate surface area is 103 Å². The summed E-state index contributed by atoms with van der Waals surface area (Å²) in [5.41, 5.74) is -3.05. The lowest BCUT2D eigenvalue weighted by molar-refractivity contribution is -0.0328. The summed E-state index contributed by atoms with van der Waals surface area (Å²) < 4.78 is 36.5. The molecule has 17 heavy (non-hydrogen) atoms. The number of rotatable bonds is 2.